The third-order valence-corrected chi connectivity index (χ3v) is 5.23. The number of hydrogen-bond donors (Lipinski definition) is 1. The minimum Gasteiger partial charge on any atom is -0.341 e. The van der Waals surface area contributed by atoms with Crippen LogP contribution in [0.25, 0.3) is 0 Å². The number of aryl methyl sites for hydroxylation is 2. The van der Waals surface area contributed by atoms with E-state index in [1.165, 1.54) is 5.56 Å². The maximum absolute atomic E-state index is 11.3. The molecule has 0 radical (unpaired) electrons. The second-order valence-electron chi connectivity index (χ2n) is 7.05. The van der Waals surface area contributed by atoms with E-state index in [0.29, 0.717) is 18.4 Å². The average molecular weight is 340 g/mol. The van der Waals surface area contributed by atoms with E-state index in [1.54, 1.807) is 0 Å². The number of rotatable bonds is 5. The summed E-state index contributed by atoms with van der Waals surface area (Å²) >= 11 is 0. The topological polar surface area (TPSA) is 89.2 Å². The highest BCUT2D eigenvalue weighted by Gasteiger charge is 2.25. The molecule has 2 heterocycles. The van der Waals surface area contributed by atoms with Crippen LogP contribution in [0.4, 0.5) is 5.95 Å². The Bertz CT molecular complexity index is 635. The predicted octanol–water partition coefficient (Wildman–Crippen LogP) is 1.80. The van der Waals surface area contributed by atoms with Crippen molar-refractivity contribution in [2.75, 3.05) is 23.7 Å². The van der Waals surface area contributed by atoms with Gasteiger partial charge in [-0.2, -0.15) is 0 Å². The van der Waals surface area contributed by atoms with E-state index in [2.05, 4.69) is 28.7 Å². The van der Waals surface area contributed by atoms with Crippen LogP contribution in [-0.4, -0.2) is 37.2 Å². The van der Waals surface area contributed by atoms with Gasteiger partial charge in [-0.1, -0.05) is 13.8 Å². The Hall–Kier alpha value is -1.21. The van der Waals surface area contributed by atoms with Gasteiger partial charge in [0.15, 0.2) is 0 Å². The molecule has 0 aromatic carbocycles. The molecule has 2 N–H and O–H groups in total. The second kappa shape index (κ2) is 7.13. The summed E-state index contributed by atoms with van der Waals surface area (Å²) in [7, 11) is -3.43. The Balaban J connectivity index is 2.18. The van der Waals surface area contributed by atoms with Gasteiger partial charge in [0.1, 0.15) is 0 Å². The van der Waals surface area contributed by atoms with E-state index in [0.717, 1.165) is 37.2 Å². The fourth-order valence-corrected chi connectivity index (χ4v) is 4.21. The Kier molecular flexibility index (Phi) is 5.62. The van der Waals surface area contributed by atoms with Crippen LogP contribution in [0.5, 0.6) is 0 Å². The van der Waals surface area contributed by atoms with Gasteiger partial charge in [0.2, 0.25) is 16.0 Å². The Morgan fingerprint density at radius 3 is 2.39 bits per heavy atom. The van der Waals surface area contributed by atoms with Crippen LogP contribution in [0.15, 0.2) is 0 Å². The van der Waals surface area contributed by atoms with Crippen molar-refractivity contribution in [2.45, 2.75) is 47.0 Å². The highest BCUT2D eigenvalue weighted by atomic mass is 32.2. The fraction of sp³-hybridized carbons (Fsp3) is 0.750. The fourth-order valence-electron chi connectivity index (χ4n) is 3.28. The number of nitrogens with zero attached hydrogens (tertiary/aromatic N) is 3. The van der Waals surface area contributed by atoms with Crippen molar-refractivity contribution in [3.05, 3.63) is 17.0 Å². The number of hydrogen-bond acceptors (Lipinski definition) is 5. The highest BCUT2D eigenvalue weighted by molar-refractivity contribution is 7.89. The Morgan fingerprint density at radius 2 is 1.87 bits per heavy atom. The molecule has 1 aromatic heterocycles. The zero-order valence-electron chi connectivity index (χ0n) is 14.5. The number of piperidine rings is 1. The first-order valence-electron chi connectivity index (χ1n) is 8.25. The SMILES string of the molecule is Cc1nc(N2CCC[C@H](CS(N)(=O)=O)C2)nc(C)c1CC(C)C. The van der Waals surface area contributed by atoms with Gasteiger partial charge in [0.05, 0.1) is 5.75 Å². The van der Waals surface area contributed by atoms with Crippen LogP contribution in [0.1, 0.15) is 43.6 Å². The minimum absolute atomic E-state index is 0.0346. The highest BCUT2D eigenvalue weighted by Crippen LogP contribution is 2.24. The summed E-state index contributed by atoms with van der Waals surface area (Å²) in [5.41, 5.74) is 3.27. The van der Waals surface area contributed by atoms with E-state index < -0.39 is 10.0 Å². The quantitative estimate of drug-likeness (QED) is 0.883. The summed E-state index contributed by atoms with van der Waals surface area (Å²) in [6, 6.07) is 0. The molecular weight excluding hydrogens is 312 g/mol. The van der Waals surface area contributed by atoms with Crippen LogP contribution in [0.3, 0.4) is 0 Å². The lowest BCUT2D eigenvalue weighted by Crippen LogP contribution is -2.40. The molecule has 1 aliphatic rings. The molecule has 0 saturated carbocycles. The first-order chi connectivity index (χ1) is 10.7. The number of anilines is 1. The van der Waals surface area contributed by atoms with Crippen molar-refractivity contribution in [1.29, 1.82) is 0 Å². The lowest BCUT2D eigenvalue weighted by Gasteiger charge is -2.32. The predicted molar refractivity (Wildman–Crippen MR) is 93.0 cm³/mol. The molecule has 6 nitrogen and oxygen atoms in total. The van der Waals surface area contributed by atoms with Crippen molar-refractivity contribution >= 4 is 16.0 Å². The van der Waals surface area contributed by atoms with Crippen LogP contribution >= 0.6 is 0 Å². The second-order valence-corrected chi connectivity index (χ2v) is 8.71. The van der Waals surface area contributed by atoms with Gasteiger partial charge in [0.25, 0.3) is 0 Å². The van der Waals surface area contributed by atoms with Crippen LogP contribution < -0.4 is 10.0 Å². The molecule has 1 fully saturated rings. The van der Waals surface area contributed by atoms with E-state index in [-0.39, 0.29) is 11.7 Å². The number of aromatic nitrogens is 2. The molecule has 2 rings (SSSR count). The summed E-state index contributed by atoms with van der Waals surface area (Å²) in [5.74, 6) is 1.37. The van der Waals surface area contributed by atoms with Gasteiger partial charge in [-0.25, -0.2) is 23.5 Å². The molecule has 0 aliphatic carbocycles. The van der Waals surface area contributed by atoms with Crippen molar-refractivity contribution < 1.29 is 8.42 Å². The van der Waals surface area contributed by atoms with Crippen LogP contribution in [0, 0.1) is 25.7 Å². The molecule has 1 atom stereocenters. The molecular formula is C16H28N4O2S. The molecule has 1 saturated heterocycles. The summed E-state index contributed by atoms with van der Waals surface area (Å²) < 4.78 is 22.7. The molecule has 0 bridgehead atoms. The molecule has 23 heavy (non-hydrogen) atoms. The van der Waals surface area contributed by atoms with Gasteiger partial charge < -0.3 is 4.90 Å². The van der Waals surface area contributed by atoms with Crippen molar-refractivity contribution in [3.63, 3.8) is 0 Å². The van der Waals surface area contributed by atoms with E-state index >= 15 is 0 Å². The Labute approximate surface area is 139 Å². The first-order valence-corrected chi connectivity index (χ1v) is 9.96. The van der Waals surface area contributed by atoms with Crippen LogP contribution in [-0.2, 0) is 16.4 Å². The largest absolute Gasteiger partial charge is 0.341 e. The minimum atomic E-state index is -3.43. The molecule has 1 aromatic rings. The molecule has 0 unspecified atom stereocenters. The molecule has 1 aliphatic heterocycles. The van der Waals surface area contributed by atoms with Crippen molar-refractivity contribution in [2.24, 2.45) is 17.0 Å². The van der Waals surface area contributed by atoms with Gasteiger partial charge >= 0.3 is 0 Å². The summed E-state index contributed by atoms with van der Waals surface area (Å²) in [5, 5.41) is 5.19. The van der Waals surface area contributed by atoms with Crippen LogP contribution in [0.2, 0.25) is 0 Å². The molecule has 7 heteroatoms. The summed E-state index contributed by atoms with van der Waals surface area (Å²) in [6.45, 7) is 9.95. The van der Waals surface area contributed by atoms with E-state index in [9.17, 15) is 8.42 Å². The Morgan fingerprint density at radius 1 is 1.26 bits per heavy atom. The maximum Gasteiger partial charge on any atom is 0.225 e. The van der Waals surface area contributed by atoms with Gasteiger partial charge in [-0.3, -0.25) is 0 Å². The maximum atomic E-state index is 11.3. The number of nitrogens with two attached hydrogens (primary N) is 1. The summed E-state index contributed by atoms with van der Waals surface area (Å²) in [4.78, 5) is 11.4. The van der Waals surface area contributed by atoms with E-state index in [4.69, 9.17) is 5.14 Å². The lowest BCUT2D eigenvalue weighted by molar-refractivity contribution is 0.439. The number of primary sulfonamides is 1. The standard InChI is InChI=1S/C16H28N4O2S/c1-11(2)8-15-12(3)18-16(19-13(15)4)20-7-5-6-14(9-20)10-23(17,21)22/h11,14H,5-10H2,1-4H3,(H2,17,21,22)/t14-/m0/s1. The van der Waals surface area contributed by atoms with Gasteiger partial charge in [-0.05, 0) is 50.5 Å². The average Bonchev–Trinajstić information content (AvgIpc) is 2.41. The van der Waals surface area contributed by atoms with Gasteiger partial charge in [-0.15, -0.1) is 0 Å². The summed E-state index contributed by atoms with van der Waals surface area (Å²) in [6.07, 6.45) is 2.80. The monoisotopic (exact) mass is 340 g/mol. The molecule has 0 spiro atoms. The van der Waals surface area contributed by atoms with Crippen molar-refractivity contribution in [1.82, 2.24) is 9.97 Å². The normalized spacial score (nSPS) is 19.4. The zero-order valence-corrected chi connectivity index (χ0v) is 15.4. The molecule has 0 amide bonds. The first kappa shape index (κ1) is 18.1. The lowest BCUT2D eigenvalue weighted by atomic mass is 9.99. The van der Waals surface area contributed by atoms with Crippen molar-refractivity contribution in [3.8, 4) is 0 Å². The smallest absolute Gasteiger partial charge is 0.225 e. The van der Waals surface area contributed by atoms with E-state index in [1.807, 2.05) is 13.8 Å². The third kappa shape index (κ3) is 5.14. The van der Waals surface area contributed by atoms with Gasteiger partial charge in [0, 0.05) is 24.5 Å². The zero-order chi connectivity index (χ0) is 17.2. The molecule has 130 valence electrons. The number of sulfonamides is 1. The third-order valence-electron chi connectivity index (χ3n) is 4.29.